The van der Waals surface area contributed by atoms with Crippen molar-refractivity contribution in [2.45, 2.75) is 12.2 Å². The van der Waals surface area contributed by atoms with Gasteiger partial charge in [0.25, 0.3) is 0 Å². The Bertz CT molecular complexity index is 463. The Morgan fingerprint density at radius 2 is 1.80 bits per heavy atom. The number of aliphatic carboxylic acids is 1. The minimum Gasteiger partial charge on any atom is -0.479 e. The lowest BCUT2D eigenvalue weighted by atomic mass is 10.1. The van der Waals surface area contributed by atoms with E-state index in [0.29, 0.717) is 5.56 Å². The fourth-order valence-electron chi connectivity index (χ4n) is 1.46. The van der Waals surface area contributed by atoms with Gasteiger partial charge < -0.3 is 15.7 Å². The summed E-state index contributed by atoms with van der Waals surface area (Å²) < 4.78 is 35.6. The van der Waals surface area contributed by atoms with Crippen LogP contribution in [0.3, 0.4) is 0 Å². The number of carboxylic acid groups (broad SMARTS) is 1. The molecule has 5 nitrogen and oxygen atoms in total. The summed E-state index contributed by atoms with van der Waals surface area (Å²) in [5.41, 5.74) is 0.337. The van der Waals surface area contributed by atoms with Gasteiger partial charge in [-0.05, 0) is 5.56 Å². The molecule has 3 N–H and O–H groups in total. The Morgan fingerprint density at radius 3 is 2.30 bits per heavy atom. The number of carbonyl (C=O) groups is 2. The SMILES string of the molecule is O=C(CNCC(F)(F)F)NC(C(=O)O)c1ccccc1. The van der Waals surface area contributed by atoms with Gasteiger partial charge in [-0.1, -0.05) is 30.3 Å². The van der Waals surface area contributed by atoms with Gasteiger partial charge in [0, 0.05) is 0 Å². The molecular weight excluding hydrogens is 277 g/mol. The number of carboxylic acids is 1. The fourth-order valence-corrected chi connectivity index (χ4v) is 1.46. The van der Waals surface area contributed by atoms with E-state index in [-0.39, 0.29) is 0 Å². The van der Waals surface area contributed by atoms with E-state index in [9.17, 15) is 22.8 Å². The van der Waals surface area contributed by atoms with Crippen LogP contribution in [-0.4, -0.2) is 36.2 Å². The Hall–Kier alpha value is -2.09. The second-order valence-electron chi connectivity index (χ2n) is 3.97. The molecule has 8 heteroatoms. The molecule has 1 unspecified atom stereocenters. The zero-order valence-corrected chi connectivity index (χ0v) is 10.3. The van der Waals surface area contributed by atoms with Crippen LogP contribution in [0.4, 0.5) is 13.2 Å². The molecule has 0 spiro atoms. The monoisotopic (exact) mass is 290 g/mol. The first-order valence-corrected chi connectivity index (χ1v) is 5.64. The average Bonchev–Trinajstić information content (AvgIpc) is 2.35. The Kier molecular flexibility index (Phi) is 5.51. The van der Waals surface area contributed by atoms with Gasteiger partial charge in [-0.3, -0.25) is 4.79 Å². The topological polar surface area (TPSA) is 78.4 Å². The zero-order valence-electron chi connectivity index (χ0n) is 10.3. The zero-order chi connectivity index (χ0) is 15.2. The molecule has 0 radical (unpaired) electrons. The standard InChI is InChI=1S/C12H13F3N2O3/c13-12(14,15)7-16-6-9(18)17-10(11(19)20)8-4-2-1-3-5-8/h1-5,10,16H,6-7H2,(H,17,18)(H,19,20). The lowest BCUT2D eigenvalue weighted by Gasteiger charge is -2.15. The van der Waals surface area contributed by atoms with Crippen molar-refractivity contribution < 1.29 is 27.9 Å². The van der Waals surface area contributed by atoms with Gasteiger partial charge in [0.05, 0.1) is 13.1 Å². The molecule has 1 rings (SSSR count). The van der Waals surface area contributed by atoms with Crippen LogP contribution in [0.5, 0.6) is 0 Å². The number of alkyl halides is 3. The van der Waals surface area contributed by atoms with Crippen molar-refractivity contribution in [2.75, 3.05) is 13.1 Å². The number of benzene rings is 1. The van der Waals surface area contributed by atoms with Crippen LogP contribution in [-0.2, 0) is 9.59 Å². The second kappa shape index (κ2) is 6.90. The van der Waals surface area contributed by atoms with E-state index in [1.54, 1.807) is 18.2 Å². The van der Waals surface area contributed by atoms with E-state index in [0.717, 1.165) is 0 Å². The highest BCUT2D eigenvalue weighted by Crippen LogP contribution is 2.13. The van der Waals surface area contributed by atoms with E-state index in [2.05, 4.69) is 5.32 Å². The molecule has 1 atom stereocenters. The van der Waals surface area contributed by atoms with Crippen molar-refractivity contribution in [2.24, 2.45) is 0 Å². The molecule has 0 saturated carbocycles. The maximum Gasteiger partial charge on any atom is 0.401 e. The van der Waals surface area contributed by atoms with E-state index in [1.807, 2.05) is 5.32 Å². The number of nitrogens with one attached hydrogen (secondary N) is 2. The highest BCUT2D eigenvalue weighted by atomic mass is 19.4. The van der Waals surface area contributed by atoms with Gasteiger partial charge in [0.1, 0.15) is 0 Å². The summed E-state index contributed by atoms with van der Waals surface area (Å²) in [6.45, 7) is -1.93. The molecule has 0 fully saturated rings. The van der Waals surface area contributed by atoms with Gasteiger partial charge in [-0.2, -0.15) is 13.2 Å². The third kappa shape index (κ3) is 5.70. The first-order chi connectivity index (χ1) is 9.29. The van der Waals surface area contributed by atoms with Crippen LogP contribution in [0.1, 0.15) is 11.6 Å². The lowest BCUT2D eigenvalue weighted by molar-refractivity contribution is -0.142. The summed E-state index contributed by atoms with van der Waals surface area (Å²) in [6.07, 6.45) is -4.42. The molecule has 0 bridgehead atoms. The average molecular weight is 290 g/mol. The van der Waals surface area contributed by atoms with Crippen molar-refractivity contribution in [3.8, 4) is 0 Å². The molecule has 1 aromatic rings. The van der Waals surface area contributed by atoms with E-state index >= 15 is 0 Å². The van der Waals surface area contributed by atoms with Crippen LogP contribution in [0, 0.1) is 0 Å². The Labute approximate surface area is 112 Å². The summed E-state index contributed by atoms with van der Waals surface area (Å²) in [5.74, 6) is -2.12. The Balaban J connectivity index is 2.55. The minimum absolute atomic E-state index is 0.337. The fraction of sp³-hybridized carbons (Fsp3) is 0.333. The summed E-state index contributed by atoms with van der Waals surface area (Å²) in [6, 6.07) is 6.58. The van der Waals surface area contributed by atoms with Crippen molar-refractivity contribution >= 4 is 11.9 Å². The molecule has 0 heterocycles. The number of hydrogen-bond acceptors (Lipinski definition) is 3. The highest BCUT2D eigenvalue weighted by molar-refractivity contribution is 5.85. The quantitative estimate of drug-likeness (QED) is 0.732. The largest absolute Gasteiger partial charge is 0.479 e. The molecule has 0 aliphatic carbocycles. The van der Waals surface area contributed by atoms with Crippen LogP contribution in [0.15, 0.2) is 30.3 Å². The maximum absolute atomic E-state index is 11.9. The van der Waals surface area contributed by atoms with Crippen LogP contribution < -0.4 is 10.6 Å². The molecule has 20 heavy (non-hydrogen) atoms. The van der Waals surface area contributed by atoms with E-state index < -0.39 is 37.2 Å². The lowest BCUT2D eigenvalue weighted by Crippen LogP contribution is -2.41. The van der Waals surface area contributed by atoms with Crippen LogP contribution in [0.25, 0.3) is 0 Å². The maximum atomic E-state index is 11.9. The molecule has 110 valence electrons. The molecular formula is C12H13F3N2O3. The smallest absolute Gasteiger partial charge is 0.401 e. The summed E-state index contributed by atoms with van der Waals surface area (Å²) >= 11 is 0. The van der Waals surface area contributed by atoms with Gasteiger partial charge in [0.15, 0.2) is 6.04 Å². The number of halogens is 3. The molecule has 1 amide bonds. The summed E-state index contributed by atoms with van der Waals surface area (Å²) in [5, 5.41) is 13.1. The molecule has 1 aromatic carbocycles. The molecule has 0 aliphatic rings. The van der Waals surface area contributed by atoms with E-state index in [4.69, 9.17) is 5.11 Å². The number of carbonyl (C=O) groups excluding carboxylic acids is 1. The third-order valence-electron chi connectivity index (χ3n) is 2.30. The molecule has 0 aromatic heterocycles. The van der Waals surface area contributed by atoms with Gasteiger partial charge in [0.2, 0.25) is 5.91 Å². The number of hydrogen-bond donors (Lipinski definition) is 3. The van der Waals surface area contributed by atoms with Crippen molar-refractivity contribution in [3.05, 3.63) is 35.9 Å². The van der Waals surface area contributed by atoms with Crippen LogP contribution >= 0.6 is 0 Å². The molecule has 0 aliphatic heterocycles. The number of amides is 1. The van der Waals surface area contributed by atoms with Crippen molar-refractivity contribution in [1.29, 1.82) is 0 Å². The van der Waals surface area contributed by atoms with Gasteiger partial charge in [-0.25, -0.2) is 4.79 Å². The van der Waals surface area contributed by atoms with Crippen molar-refractivity contribution in [3.63, 3.8) is 0 Å². The third-order valence-corrected chi connectivity index (χ3v) is 2.30. The first kappa shape index (κ1) is 16.0. The van der Waals surface area contributed by atoms with E-state index in [1.165, 1.54) is 12.1 Å². The van der Waals surface area contributed by atoms with Gasteiger partial charge >= 0.3 is 12.1 Å². The number of rotatable bonds is 6. The van der Waals surface area contributed by atoms with Crippen molar-refractivity contribution in [1.82, 2.24) is 10.6 Å². The molecule has 0 saturated heterocycles. The second-order valence-corrected chi connectivity index (χ2v) is 3.97. The predicted octanol–water partition coefficient (Wildman–Crippen LogP) is 1.08. The normalized spacial score (nSPS) is 12.8. The summed E-state index contributed by atoms with van der Waals surface area (Å²) in [7, 11) is 0. The minimum atomic E-state index is -4.42. The van der Waals surface area contributed by atoms with Crippen LogP contribution in [0.2, 0.25) is 0 Å². The first-order valence-electron chi connectivity index (χ1n) is 5.64. The highest BCUT2D eigenvalue weighted by Gasteiger charge is 2.27. The Morgan fingerprint density at radius 1 is 1.20 bits per heavy atom. The predicted molar refractivity (Wildman–Crippen MR) is 63.9 cm³/mol. The summed E-state index contributed by atoms with van der Waals surface area (Å²) in [4.78, 5) is 22.5. The van der Waals surface area contributed by atoms with Gasteiger partial charge in [-0.15, -0.1) is 0 Å².